The number of ether oxygens (including phenoxy) is 2. The lowest BCUT2D eigenvalue weighted by Crippen LogP contribution is -2.38. The van der Waals surface area contributed by atoms with Gasteiger partial charge < -0.3 is 14.8 Å². The third-order valence-electron chi connectivity index (χ3n) is 3.72. The van der Waals surface area contributed by atoms with Crippen LogP contribution in [0, 0.1) is 0 Å². The molecule has 1 rings (SSSR count). The molecule has 4 nitrogen and oxygen atoms in total. The molecule has 0 aliphatic rings. The minimum atomic E-state index is 0.555. The first-order chi connectivity index (χ1) is 10.2. The summed E-state index contributed by atoms with van der Waals surface area (Å²) >= 11 is 0. The molecule has 0 amide bonds. The van der Waals surface area contributed by atoms with Crippen molar-refractivity contribution in [3.05, 3.63) is 29.8 Å². The number of nitrogens with zero attached hydrogens (tertiary/aromatic N) is 1. The van der Waals surface area contributed by atoms with E-state index in [4.69, 9.17) is 9.47 Å². The van der Waals surface area contributed by atoms with Crippen LogP contribution >= 0.6 is 0 Å². The summed E-state index contributed by atoms with van der Waals surface area (Å²) in [6.07, 6.45) is 1.14. The Morgan fingerprint density at radius 1 is 1.24 bits per heavy atom. The SMILES string of the molecule is CCC(C)N(CCOC)CCOc1cccc(CNC)c1. The third kappa shape index (κ3) is 6.93. The molecule has 0 saturated carbocycles. The van der Waals surface area contributed by atoms with Crippen molar-refractivity contribution in [1.29, 1.82) is 0 Å². The topological polar surface area (TPSA) is 33.7 Å². The highest BCUT2D eigenvalue weighted by atomic mass is 16.5. The molecule has 0 radical (unpaired) electrons. The van der Waals surface area contributed by atoms with Crippen molar-refractivity contribution in [2.75, 3.05) is 40.5 Å². The van der Waals surface area contributed by atoms with Crippen LogP contribution in [0.2, 0.25) is 0 Å². The summed E-state index contributed by atoms with van der Waals surface area (Å²) in [6.45, 7) is 8.68. The average molecular weight is 294 g/mol. The first-order valence-electron chi connectivity index (χ1n) is 7.80. The van der Waals surface area contributed by atoms with Gasteiger partial charge in [0, 0.05) is 32.8 Å². The highest BCUT2D eigenvalue weighted by Crippen LogP contribution is 2.13. The quantitative estimate of drug-likeness (QED) is 0.680. The predicted octanol–water partition coefficient (Wildman–Crippen LogP) is 2.53. The van der Waals surface area contributed by atoms with E-state index in [1.807, 2.05) is 19.2 Å². The highest BCUT2D eigenvalue weighted by molar-refractivity contribution is 5.28. The summed E-state index contributed by atoms with van der Waals surface area (Å²) in [4.78, 5) is 2.42. The summed E-state index contributed by atoms with van der Waals surface area (Å²) in [5.74, 6) is 0.943. The van der Waals surface area contributed by atoms with Gasteiger partial charge in [-0.1, -0.05) is 19.1 Å². The van der Waals surface area contributed by atoms with E-state index >= 15 is 0 Å². The smallest absolute Gasteiger partial charge is 0.119 e. The maximum Gasteiger partial charge on any atom is 0.119 e. The van der Waals surface area contributed by atoms with Crippen LogP contribution < -0.4 is 10.1 Å². The van der Waals surface area contributed by atoms with Crippen LogP contribution in [0.25, 0.3) is 0 Å². The van der Waals surface area contributed by atoms with Gasteiger partial charge in [0.25, 0.3) is 0 Å². The van der Waals surface area contributed by atoms with Gasteiger partial charge in [0.15, 0.2) is 0 Å². The molecule has 1 atom stereocenters. The molecule has 1 N–H and O–H groups in total. The van der Waals surface area contributed by atoms with Crippen LogP contribution in [0.3, 0.4) is 0 Å². The van der Waals surface area contributed by atoms with E-state index < -0.39 is 0 Å². The lowest BCUT2D eigenvalue weighted by molar-refractivity contribution is 0.109. The summed E-state index contributed by atoms with van der Waals surface area (Å²) in [5, 5.41) is 3.15. The van der Waals surface area contributed by atoms with Gasteiger partial charge in [-0.15, -0.1) is 0 Å². The number of benzene rings is 1. The molecule has 0 fully saturated rings. The van der Waals surface area contributed by atoms with Crippen molar-refractivity contribution in [3.63, 3.8) is 0 Å². The molecule has 0 heterocycles. The van der Waals surface area contributed by atoms with Crippen molar-refractivity contribution in [2.24, 2.45) is 0 Å². The molecule has 1 unspecified atom stereocenters. The second-order valence-electron chi connectivity index (χ2n) is 5.31. The van der Waals surface area contributed by atoms with Crippen molar-refractivity contribution < 1.29 is 9.47 Å². The molecule has 0 aromatic heterocycles. The first kappa shape index (κ1) is 18.0. The molecular formula is C17H30N2O2. The molecule has 21 heavy (non-hydrogen) atoms. The number of hydrogen-bond acceptors (Lipinski definition) is 4. The van der Waals surface area contributed by atoms with E-state index in [9.17, 15) is 0 Å². The Morgan fingerprint density at radius 3 is 2.67 bits per heavy atom. The Morgan fingerprint density at radius 2 is 2.00 bits per heavy atom. The van der Waals surface area contributed by atoms with Gasteiger partial charge in [-0.3, -0.25) is 4.90 Å². The summed E-state index contributed by atoms with van der Waals surface area (Å²) in [7, 11) is 3.70. The van der Waals surface area contributed by atoms with Crippen LogP contribution in [0.4, 0.5) is 0 Å². The third-order valence-corrected chi connectivity index (χ3v) is 3.72. The molecule has 0 aliphatic carbocycles. The van der Waals surface area contributed by atoms with Gasteiger partial charge in [-0.2, -0.15) is 0 Å². The minimum absolute atomic E-state index is 0.555. The fourth-order valence-corrected chi connectivity index (χ4v) is 2.25. The summed E-state index contributed by atoms with van der Waals surface area (Å²) in [6, 6.07) is 8.81. The zero-order chi connectivity index (χ0) is 15.5. The van der Waals surface area contributed by atoms with Gasteiger partial charge in [-0.05, 0) is 38.1 Å². The van der Waals surface area contributed by atoms with Gasteiger partial charge in [0.1, 0.15) is 12.4 Å². The Labute approximate surface area is 129 Å². The fourth-order valence-electron chi connectivity index (χ4n) is 2.25. The number of nitrogens with one attached hydrogen (secondary N) is 1. The van der Waals surface area contributed by atoms with Crippen molar-refractivity contribution >= 4 is 0 Å². The highest BCUT2D eigenvalue weighted by Gasteiger charge is 2.11. The predicted molar refractivity (Wildman–Crippen MR) is 87.9 cm³/mol. The standard InChI is InChI=1S/C17H30N2O2/c1-5-15(2)19(9-11-20-4)10-12-21-17-8-6-7-16(13-17)14-18-3/h6-8,13,15,18H,5,9-12,14H2,1-4H3. The fraction of sp³-hybridized carbons (Fsp3) is 0.647. The Kier molecular flexibility index (Phi) is 9.06. The van der Waals surface area contributed by atoms with Crippen LogP contribution in [0.15, 0.2) is 24.3 Å². The minimum Gasteiger partial charge on any atom is -0.492 e. The van der Waals surface area contributed by atoms with Crippen molar-refractivity contribution in [2.45, 2.75) is 32.9 Å². The van der Waals surface area contributed by atoms with Crippen LogP contribution in [-0.2, 0) is 11.3 Å². The van der Waals surface area contributed by atoms with E-state index in [-0.39, 0.29) is 0 Å². The van der Waals surface area contributed by atoms with Gasteiger partial charge in [0.05, 0.1) is 6.61 Å². The summed E-state index contributed by atoms with van der Waals surface area (Å²) < 4.78 is 11.1. The number of hydrogen-bond donors (Lipinski definition) is 1. The maximum atomic E-state index is 5.89. The van der Waals surface area contributed by atoms with Crippen LogP contribution in [0.5, 0.6) is 5.75 Å². The Balaban J connectivity index is 2.43. The maximum absolute atomic E-state index is 5.89. The molecule has 4 heteroatoms. The van der Waals surface area contributed by atoms with Gasteiger partial charge >= 0.3 is 0 Å². The van der Waals surface area contributed by atoms with Gasteiger partial charge in [-0.25, -0.2) is 0 Å². The molecule has 0 saturated heterocycles. The summed E-state index contributed by atoms with van der Waals surface area (Å²) in [5.41, 5.74) is 1.24. The van der Waals surface area contributed by atoms with Crippen LogP contribution in [-0.4, -0.2) is 51.4 Å². The van der Waals surface area contributed by atoms with E-state index in [1.54, 1.807) is 7.11 Å². The van der Waals surface area contributed by atoms with E-state index in [1.165, 1.54) is 5.56 Å². The number of methoxy groups -OCH3 is 1. The molecule has 0 bridgehead atoms. The second kappa shape index (κ2) is 10.6. The van der Waals surface area contributed by atoms with Crippen molar-refractivity contribution in [3.8, 4) is 5.75 Å². The van der Waals surface area contributed by atoms with Crippen molar-refractivity contribution in [1.82, 2.24) is 10.2 Å². The second-order valence-corrected chi connectivity index (χ2v) is 5.31. The van der Waals surface area contributed by atoms with E-state index in [0.717, 1.165) is 38.4 Å². The molecule has 1 aromatic carbocycles. The molecule has 120 valence electrons. The van der Waals surface area contributed by atoms with E-state index in [0.29, 0.717) is 12.6 Å². The zero-order valence-corrected chi connectivity index (χ0v) is 13.9. The molecule has 1 aromatic rings. The Hall–Kier alpha value is -1.10. The number of rotatable bonds is 11. The van der Waals surface area contributed by atoms with Crippen LogP contribution in [0.1, 0.15) is 25.8 Å². The first-order valence-corrected chi connectivity index (χ1v) is 7.80. The van der Waals surface area contributed by atoms with E-state index in [2.05, 4.69) is 36.2 Å². The molecule has 0 aliphatic heterocycles. The lowest BCUT2D eigenvalue weighted by atomic mass is 10.2. The monoisotopic (exact) mass is 294 g/mol. The van der Waals surface area contributed by atoms with Gasteiger partial charge in [0.2, 0.25) is 0 Å². The largest absolute Gasteiger partial charge is 0.492 e. The lowest BCUT2D eigenvalue weighted by Gasteiger charge is -2.28. The zero-order valence-electron chi connectivity index (χ0n) is 13.9. The molecular weight excluding hydrogens is 264 g/mol. The molecule has 0 spiro atoms. The Bertz CT molecular complexity index is 385. The average Bonchev–Trinajstić information content (AvgIpc) is 2.50. The normalized spacial score (nSPS) is 12.6.